The average molecular weight is 341 g/mol. The van der Waals surface area contributed by atoms with Gasteiger partial charge in [-0.25, -0.2) is 0 Å². The van der Waals surface area contributed by atoms with Crippen molar-refractivity contribution in [3.05, 3.63) is 94.3 Å². The van der Waals surface area contributed by atoms with E-state index in [0.29, 0.717) is 5.92 Å². The summed E-state index contributed by atoms with van der Waals surface area (Å²) in [6.07, 6.45) is 4.01. The highest BCUT2D eigenvalue weighted by Crippen LogP contribution is 2.30. The van der Waals surface area contributed by atoms with Crippen LogP contribution in [0.2, 0.25) is 0 Å². The summed E-state index contributed by atoms with van der Waals surface area (Å²) in [4.78, 5) is 11.7. The van der Waals surface area contributed by atoms with E-state index in [1.165, 1.54) is 5.56 Å². The Morgan fingerprint density at radius 3 is 2.38 bits per heavy atom. The molecule has 1 atom stereocenters. The molecule has 3 nitrogen and oxygen atoms in total. The molecular formula is C23H23N3. The van der Waals surface area contributed by atoms with Crippen LogP contribution in [0, 0.1) is 6.92 Å². The van der Waals surface area contributed by atoms with Crippen LogP contribution in [0.1, 0.15) is 42.8 Å². The summed E-state index contributed by atoms with van der Waals surface area (Å²) in [7, 11) is 0. The van der Waals surface area contributed by atoms with Crippen molar-refractivity contribution in [2.45, 2.75) is 32.9 Å². The number of anilines is 1. The third-order valence-corrected chi connectivity index (χ3v) is 4.83. The van der Waals surface area contributed by atoms with Crippen LogP contribution < -0.4 is 15.5 Å². The molecule has 26 heavy (non-hydrogen) atoms. The van der Waals surface area contributed by atoms with E-state index in [1.54, 1.807) is 0 Å². The summed E-state index contributed by atoms with van der Waals surface area (Å²) in [6.45, 7) is 6.44. The number of hydrogen-bond acceptors (Lipinski definition) is 3. The molecule has 0 bridgehead atoms. The number of nitrogens with zero attached hydrogens (tertiary/aromatic N) is 3. The van der Waals surface area contributed by atoms with Gasteiger partial charge in [-0.3, -0.25) is 9.98 Å². The smallest absolute Gasteiger partial charge is 0.153 e. The van der Waals surface area contributed by atoms with Crippen LogP contribution in [-0.2, 0) is 0 Å². The van der Waals surface area contributed by atoms with Gasteiger partial charge in [0.25, 0.3) is 0 Å². The maximum absolute atomic E-state index is 5.02. The maximum atomic E-state index is 5.02. The van der Waals surface area contributed by atoms with Gasteiger partial charge in [0, 0.05) is 34.6 Å². The molecule has 130 valence electrons. The highest BCUT2D eigenvalue weighted by Gasteiger charge is 2.21. The van der Waals surface area contributed by atoms with Crippen LogP contribution in [0.4, 0.5) is 5.69 Å². The van der Waals surface area contributed by atoms with Crippen LogP contribution in [0.3, 0.4) is 0 Å². The average Bonchev–Trinajstić information content (AvgIpc) is 2.68. The Morgan fingerprint density at radius 1 is 0.923 bits per heavy atom. The second-order valence-corrected chi connectivity index (χ2v) is 7.08. The fraction of sp³-hybridized carbons (Fsp3) is 0.217. The first-order valence-corrected chi connectivity index (χ1v) is 9.07. The number of aryl methyl sites for hydroxylation is 1. The highest BCUT2D eigenvalue weighted by atomic mass is 15.2. The second-order valence-electron chi connectivity index (χ2n) is 7.08. The summed E-state index contributed by atoms with van der Waals surface area (Å²) < 4.78 is 0. The topological polar surface area (TPSA) is 28.5 Å². The number of benzene rings is 2. The molecule has 0 radical (unpaired) electrons. The van der Waals surface area contributed by atoms with E-state index < -0.39 is 0 Å². The van der Waals surface area contributed by atoms with Crippen LogP contribution in [0.25, 0.3) is 6.20 Å². The van der Waals surface area contributed by atoms with Crippen LogP contribution in [0.15, 0.2) is 71.9 Å². The molecule has 1 aliphatic heterocycles. The largest absolute Gasteiger partial charge is 0.321 e. The first-order chi connectivity index (χ1) is 12.6. The van der Waals surface area contributed by atoms with Gasteiger partial charge in [0.15, 0.2) is 6.17 Å². The SMILES string of the molecule is Cc1ccc(C2N=c3ccccc3=CN2c2ccc(C(C)C)cc2)cn1. The zero-order valence-corrected chi connectivity index (χ0v) is 15.4. The van der Waals surface area contributed by atoms with Crippen LogP contribution in [0.5, 0.6) is 0 Å². The Morgan fingerprint density at radius 2 is 1.69 bits per heavy atom. The molecule has 4 rings (SSSR count). The van der Waals surface area contributed by atoms with Crippen molar-refractivity contribution in [3.8, 4) is 0 Å². The van der Waals surface area contributed by atoms with E-state index in [2.05, 4.69) is 78.5 Å². The van der Waals surface area contributed by atoms with Crippen molar-refractivity contribution in [2.75, 3.05) is 4.90 Å². The molecule has 3 heteroatoms. The predicted octanol–water partition coefficient (Wildman–Crippen LogP) is 4.09. The van der Waals surface area contributed by atoms with E-state index in [0.717, 1.165) is 27.5 Å². The zero-order chi connectivity index (χ0) is 18.1. The number of pyridine rings is 1. The Kier molecular flexibility index (Phi) is 4.29. The minimum Gasteiger partial charge on any atom is -0.321 e. The summed E-state index contributed by atoms with van der Waals surface area (Å²) in [5, 5.41) is 2.16. The molecule has 1 unspecified atom stereocenters. The van der Waals surface area contributed by atoms with Crippen molar-refractivity contribution in [1.29, 1.82) is 0 Å². The van der Waals surface area contributed by atoms with Crippen molar-refractivity contribution in [3.63, 3.8) is 0 Å². The van der Waals surface area contributed by atoms with Gasteiger partial charge >= 0.3 is 0 Å². The minimum absolute atomic E-state index is 0.108. The summed E-state index contributed by atoms with van der Waals surface area (Å²) >= 11 is 0. The van der Waals surface area contributed by atoms with Crippen molar-refractivity contribution >= 4 is 11.9 Å². The van der Waals surface area contributed by atoms with E-state index in [4.69, 9.17) is 4.99 Å². The summed E-state index contributed by atoms with van der Waals surface area (Å²) in [6, 6.07) is 21.2. The lowest BCUT2D eigenvalue weighted by molar-refractivity contribution is 0.709. The van der Waals surface area contributed by atoms with Gasteiger partial charge in [-0.05, 0) is 42.7 Å². The lowest BCUT2D eigenvalue weighted by atomic mass is 10.0. The van der Waals surface area contributed by atoms with E-state index in [9.17, 15) is 0 Å². The molecule has 0 fully saturated rings. The molecule has 0 aliphatic carbocycles. The number of para-hydroxylation sites is 1. The molecule has 0 spiro atoms. The van der Waals surface area contributed by atoms with Gasteiger partial charge < -0.3 is 4.90 Å². The van der Waals surface area contributed by atoms with Crippen molar-refractivity contribution in [1.82, 2.24) is 4.98 Å². The Hall–Kier alpha value is -2.94. The third-order valence-electron chi connectivity index (χ3n) is 4.83. The summed E-state index contributed by atoms with van der Waals surface area (Å²) in [5.74, 6) is 0.525. The molecule has 2 aromatic carbocycles. The zero-order valence-electron chi connectivity index (χ0n) is 15.4. The van der Waals surface area contributed by atoms with Gasteiger partial charge in [0.1, 0.15) is 0 Å². The van der Waals surface area contributed by atoms with E-state index >= 15 is 0 Å². The van der Waals surface area contributed by atoms with Crippen molar-refractivity contribution < 1.29 is 0 Å². The van der Waals surface area contributed by atoms with Gasteiger partial charge in [-0.15, -0.1) is 0 Å². The van der Waals surface area contributed by atoms with Crippen molar-refractivity contribution in [2.24, 2.45) is 4.99 Å². The summed E-state index contributed by atoms with van der Waals surface area (Å²) in [5.41, 5.74) is 4.59. The Balaban J connectivity index is 1.83. The molecule has 3 aromatic rings. The molecule has 2 heterocycles. The number of aromatic nitrogens is 1. The molecular weight excluding hydrogens is 318 g/mol. The van der Waals surface area contributed by atoms with Gasteiger partial charge in [-0.2, -0.15) is 0 Å². The lowest BCUT2D eigenvalue weighted by Gasteiger charge is -2.30. The third kappa shape index (κ3) is 3.13. The fourth-order valence-corrected chi connectivity index (χ4v) is 3.24. The fourth-order valence-electron chi connectivity index (χ4n) is 3.24. The molecule has 1 aliphatic rings. The first-order valence-electron chi connectivity index (χ1n) is 9.07. The maximum Gasteiger partial charge on any atom is 0.153 e. The van der Waals surface area contributed by atoms with E-state index in [1.807, 2.05) is 25.3 Å². The standard InChI is InChI=1S/C23H23N3/c1-16(2)18-10-12-21(13-11-18)26-15-20-6-4-5-7-22(20)25-23(26)19-9-8-17(3)24-14-19/h4-16,23H,1-3H3. The lowest BCUT2D eigenvalue weighted by Crippen LogP contribution is -2.37. The first kappa shape index (κ1) is 16.5. The normalized spacial score (nSPS) is 16.0. The van der Waals surface area contributed by atoms with E-state index in [-0.39, 0.29) is 6.17 Å². The second kappa shape index (κ2) is 6.75. The Bertz CT molecular complexity index is 1020. The quantitative estimate of drug-likeness (QED) is 0.718. The minimum atomic E-state index is -0.108. The van der Waals surface area contributed by atoms with Crippen LogP contribution in [-0.4, -0.2) is 4.98 Å². The molecule has 0 saturated heterocycles. The predicted molar refractivity (Wildman–Crippen MR) is 106 cm³/mol. The Labute approximate surface area is 154 Å². The van der Waals surface area contributed by atoms with Gasteiger partial charge in [0.05, 0.1) is 5.36 Å². The van der Waals surface area contributed by atoms with Gasteiger partial charge in [0.2, 0.25) is 0 Å². The number of fused-ring (bicyclic) bond motifs is 1. The number of rotatable bonds is 3. The van der Waals surface area contributed by atoms with Gasteiger partial charge in [-0.1, -0.05) is 50.2 Å². The molecule has 0 amide bonds. The van der Waals surface area contributed by atoms with Crippen LogP contribution >= 0.6 is 0 Å². The molecule has 0 saturated carbocycles. The highest BCUT2D eigenvalue weighted by molar-refractivity contribution is 5.62. The molecule has 0 N–H and O–H groups in total. The number of hydrogen-bond donors (Lipinski definition) is 0. The monoisotopic (exact) mass is 341 g/mol. The molecule has 1 aromatic heterocycles.